The smallest absolute Gasteiger partial charge is 0.123 e. The second-order valence-corrected chi connectivity index (χ2v) is 16.2. The molecule has 5 N–H and O–H groups in total. The molecule has 0 heterocycles. The fraction of sp³-hybridized carbons (Fsp3) is 0.304. The van der Waals surface area contributed by atoms with Crippen LogP contribution in [0.1, 0.15) is 84.1 Å². The summed E-state index contributed by atoms with van der Waals surface area (Å²) in [5.74, 6) is 1.02. The molecule has 5 heteroatoms. The Hall–Kier alpha value is -5.16. The van der Waals surface area contributed by atoms with Crippen LogP contribution in [0, 0.1) is 5.92 Å². The lowest BCUT2D eigenvalue weighted by atomic mass is 9.78. The number of nitrogens with one attached hydrogen (secondary N) is 4. The summed E-state index contributed by atoms with van der Waals surface area (Å²) in [6.45, 7) is 22.0. The minimum atomic E-state index is -0.150. The Morgan fingerprint density at radius 2 is 0.902 bits per heavy atom. The van der Waals surface area contributed by atoms with Gasteiger partial charge in [0.25, 0.3) is 0 Å². The van der Waals surface area contributed by atoms with E-state index in [2.05, 4.69) is 192 Å². The van der Waals surface area contributed by atoms with E-state index in [0.29, 0.717) is 18.2 Å². The number of aromatic hydroxyl groups is 1. The standard InChI is InChI=1S/C46H56N4O/c1-31(2)26-32(3)27-33-10-12-36(13-11-33)48-38-18-20-40(21-19-38)50-41-24-22-39(23-25-41)49-37-16-14-35(15-17-37)47-30-34-28-42(45(4,5)6)44(51)43(29-34)46(7,8)9/h10-25,28-29,32,47-51H,1,26-27,30H2,2-9H3. The number of phenols is 1. The molecule has 0 spiro atoms. The van der Waals surface area contributed by atoms with Crippen LogP contribution in [0.2, 0.25) is 0 Å². The number of hydrogen-bond acceptors (Lipinski definition) is 5. The third kappa shape index (κ3) is 10.7. The van der Waals surface area contributed by atoms with Gasteiger partial charge in [-0.15, -0.1) is 6.58 Å². The Labute approximate surface area is 306 Å². The molecule has 0 bridgehead atoms. The van der Waals surface area contributed by atoms with Gasteiger partial charge in [-0.3, -0.25) is 0 Å². The highest BCUT2D eigenvalue weighted by atomic mass is 16.3. The van der Waals surface area contributed by atoms with Gasteiger partial charge in [-0.05, 0) is 156 Å². The van der Waals surface area contributed by atoms with E-state index in [4.69, 9.17) is 0 Å². The summed E-state index contributed by atoms with van der Waals surface area (Å²) in [6.07, 6.45) is 2.13. The maximum absolute atomic E-state index is 11.1. The van der Waals surface area contributed by atoms with Crippen LogP contribution in [0.15, 0.2) is 121 Å². The van der Waals surface area contributed by atoms with Crippen molar-refractivity contribution in [3.8, 4) is 5.75 Å². The fourth-order valence-electron chi connectivity index (χ4n) is 6.38. The van der Waals surface area contributed by atoms with Gasteiger partial charge >= 0.3 is 0 Å². The van der Waals surface area contributed by atoms with Crippen LogP contribution >= 0.6 is 0 Å². The first-order valence-corrected chi connectivity index (χ1v) is 18.1. The Balaban J connectivity index is 1.12. The van der Waals surface area contributed by atoms with Gasteiger partial charge < -0.3 is 26.4 Å². The molecular weight excluding hydrogens is 625 g/mol. The molecular formula is C46H56N4O. The van der Waals surface area contributed by atoms with Crippen molar-refractivity contribution >= 4 is 39.8 Å². The molecule has 266 valence electrons. The van der Waals surface area contributed by atoms with Crippen LogP contribution < -0.4 is 21.3 Å². The fourth-order valence-corrected chi connectivity index (χ4v) is 6.38. The molecule has 0 aliphatic heterocycles. The molecule has 1 unspecified atom stereocenters. The zero-order valence-corrected chi connectivity index (χ0v) is 31.7. The maximum Gasteiger partial charge on any atom is 0.123 e. The topological polar surface area (TPSA) is 68.3 Å². The molecule has 51 heavy (non-hydrogen) atoms. The molecule has 0 saturated heterocycles. The molecule has 0 radical (unpaired) electrons. The number of benzene rings is 5. The van der Waals surface area contributed by atoms with Crippen molar-refractivity contribution in [1.82, 2.24) is 0 Å². The predicted molar refractivity (Wildman–Crippen MR) is 221 cm³/mol. The summed E-state index contributed by atoms with van der Waals surface area (Å²) < 4.78 is 0. The van der Waals surface area contributed by atoms with Crippen LogP contribution in [0.25, 0.3) is 0 Å². The van der Waals surface area contributed by atoms with Gasteiger partial charge in [-0.25, -0.2) is 0 Å². The molecule has 0 fully saturated rings. The Morgan fingerprint density at radius 3 is 1.24 bits per heavy atom. The van der Waals surface area contributed by atoms with Crippen LogP contribution in [0.3, 0.4) is 0 Å². The summed E-state index contributed by atoms with van der Waals surface area (Å²) >= 11 is 0. The summed E-state index contributed by atoms with van der Waals surface area (Å²) in [7, 11) is 0. The lowest BCUT2D eigenvalue weighted by molar-refractivity contribution is 0.423. The van der Waals surface area contributed by atoms with Gasteiger partial charge in [0.05, 0.1) is 0 Å². The van der Waals surface area contributed by atoms with E-state index in [1.165, 1.54) is 11.1 Å². The lowest BCUT2D eigenvalue weighted by Gasteiger charge is -2.28. The van der Waals surface area contributed by atoms with E-state index < -0.39 is 0 Å². The minimum absolute atomic E-state index is 0.150. The Morgan fingerprint density at radius 1 is 0.569 bits per heavy atom. The van der Waals surface area contributed by atoms with Crippen LogP contribution in [-0.4, -0.2) is 5.11 Å². The number of allylic oxidation sites excluding steroid dienone is 1. The highest BCUT2D eigenvalue weighted by Gasteiger charge is 2.26. The van der Waals surface area contributed by atoms with Gasteiger partial charge in [0.1, 0.15) is 5.75 Å². The number of phenolic OH excluding ortho intramolecular Hbond substituents is 1. The Kier molecular flexibility index (Phi) is 11.5. The van der Waals surface area contributed by atoms with E-state index in [-0.39, 0.29) is 10.8 Å². The van der Waals surface area contributed by atoms with E-state index in [9.17, 15) is 5.11 Å². The van der Waals surface area contributed by atoms with E-state index >= 15 is 0 Å². The monoisotopic (exact) mass is 680 g/mol. The average Bonchev–Trinajstić information content (AvgIpc) is 3.06. The molecule has 5 aromatic carbocycles. The molecule has 5 aromatic rings. The quantitative estimate of drug-likeness (QED) is 0.0801. The van der Waals surface area contributed by atoms with Crippen molar-refractivity contribution in [1.29, 1.82) is 0 Å². The van der Waals surface area contributed by atoms with Gasteiger partial charge in [0, 0.05) is 46.4 Å². The highest BCUT2D eigenvalue weighted by molar-refractivity contribution is 5.69. The van der Waals surface area contributed by atoms with Crippen molar-refractivity contribution in [2.24, 2.45) is 5.92 Å². The zero-order valence-electron chi connectivity index (χ0n) is 31.7. The number of hydrogen-bond donors (Lipinski definition) is 5. The predicted octanol–water partition coefficient (Wildman–Crippen LogP) is 13.0. The molecule has 0 saturated carbocycles. The first kappa shape index (κ1) is 37.1. The molecule has 5 nitrogen and oxygen atoms in total. The zero-order chi connectivity index (χ0) is 36.8. The van der Waals surface area contributed by atoms with Crippen molar-refractivity contribution in [2.45, 2.75) is 85.6 Å². The summed E-state index contributed by atoms with van der Waals surface area (Å²) in [4.78, 5) is 0. The van der Waals surface area contributed by atoms with Gasteiger partial charge in [-0.1, -0.05) is 66.2 Å². The van der Waals surface area contributed by atoms with Crippen molar-refractivity contribution < 1.29 is 5.11 Å². The van der Waals surface area contributed by atoms with Crippen molar-refractivity contribution in [2.75, 3.05) is 21.3 Å². The second-order valence-electron chi connectivity index (χ2n) is 16.2. The van der Waals surface area contributed by atoms with E-state index in [1.54, 1.807) is 0 Å². The van der Waals surface area contributed by atoms with Gasteiger partial charge in [0.15, 0.2) is 0 Å². The van der Waals surface area contributed by atoms with Gasteiger partial charge in [-0.2, -0.15) is 0 Å². The first-order valence-electron chi connectivity index (χ1n) is 18.1. The second kappa shape index (κ2) is 15.8. The van der Waals surface area contributed by atoms with Crippen LogP contribution in [-0.2, 0) is 23.8 Å². The third-order valence-electron chi connectivity index (χ3n) is 9.04. The summed E-state index contributed by atoms with van der Waals surface area (Å²) in [5, 5.41) is 25.1. The molecule has 1 atom stereocenters. The number of rotatable bonds is 13. The van der Waals surface area contributed by atoms with Crippen molar-refractivity contribution in [3.63, 3.8) is 0 Å². The molecule has 0 amide bonds. The third-order valence-corrected chi connectivity index (χ3v) is 9.04. The first-order chi connectivity index (χ1) is 24.1. The molecule has 0 aromatic heterocycles. The normalized spacial score (nSPS) is 12.2. The molecule has 5 rings (SSSR count). The number of anilines is 7. The summed E-state index contributed by atoms with van der Waals surface area (Å²) in [6, 6.07) is 38.0. The summed E-state index contributed by atoms with van der Waals surface area (Å²) in [5.41, 5.74) is 12.7. The van der Waals surface area contributed by atoms with Gasteiger partial charge in [0.2, 0.25) is 0 Å². The van der Waals surface area contributed by atoms with Crippen molar-refractivity contribution in [3.05, 3.63) is 144 Å². The van der Waals surface area contributed by atoms with Crippen LogP contribution in [0.4, 0.5) is 39.8 Å². The Bertz CT molecular complexity index is 1860. The lowest BCUT2D eigenvalue weighted by Crippen LogP contribution is -2.18. The van der Waals surface area contributed by atoms with E-state index in [1.807, 2.05) is 0 Å². The average molecular weight is 681 g/mol. The largest absolute Gasteiger partial charge is 0.507 e. The maximum atomic E-state index is 11.1. The molecule has 0 aliphatic carbocycles. The SMILES string of the molecule is C=C(C)CC(C)Cc1ccc(Nc2ccc(Nc3ccc(Nc4ccc(NCc5cc(C(C)(C)C)c(O)c(C(C)(C)C)c5)cc4)cc3)cc2)cc1. The highest BCUT2D eigenvalue weighted by Crippen LogP contribution is 2.40. The molecule has 0 aliphatic rings. The minimum Gasteiger partial charge on any atom is -0.507 e. The van der Waals surface area contributed by atoms with E-state index in [0.717, 1.165) is 69.3 Å². The van der Waals surface area contributed by atoms with Crippen LogP contribution in [0.5, 0.6) is 5.75 Å².